The van der Waals surface area contributed by atoms with Gasteiger partial charge in [-0.15, -0.1) is 0 Å². The molecule has 36 heavy (non-hydrogen) atoms. The quantitative estimate of drug-likeness (QED) is 0.428. The Bertz CT molecular complexity index is 1530. The summed E-state index contributed by atoms with van der Waals surface area (Å²) in [7, 11) is -6.51. The zero-order chi connectivity index (χ0) is 36.3. The smallest absolute Gasteiger partial charge is 0.411 e. The van der Waals surface area contributed by atoms with Crippen molar-refractivity contribution in [2.75, 3.05) is 32.1 Å². The summed E-state index contributed by atoms with van der Waals surface area (Å²) in [4.78, 5) is 25.3. The number of benzene rings is 2. The molecule has 0 heterocycles. The summed E-state index contributed by atoms with van der Waals surface area (Å²) >= 11 is 0. The molecule has 192 valence electrons. The minimum Gasteiger partial charge on any atom is -0.501 e. The highest BCUT2D eigenvalue weighted by Crippen LogP contribution is 2.27. The lowest BCUT2D eigenvalue weighted by molar-refractivity contribution is -0.122. The second-order valence-electron chi connectivity index (χ2n) is 7.77. The summed E-state index contributed by atoms with van der Waals surface area (Å²) < 4.78 is 106. The molecule has 0 aliphatic heterocycles. The first-order chi connectivity index (χ1) is 22.0. The van der Waals surface area contributed by atoms with Gasteiger partial charge in [0.25, 0.3) is 0 Å². The van der Waals surface area contributed by atoms with Gasteiger partial charge in [0.2, 0.25) is 5.91 Å². The van der Waals surface area contributed by atoms with Gasteiger partial charge in [0.15, 0.2) is 0 Å². The van der Waals surface area contributed by atoms with Crippen LogP contribution in [0.4, 0.5) is 10.5 Å². The molecule has 8 heteroatoms. The zero-order valence-electron chi connectivity index (χ0n) is 31.3. The lowest BCUT2D eigenvalue weighted by Gasteiger charge is -2.25. The molecular formula is C28H35N3O5. The predicted molar refractivity (Wildman–Crippen MR) is 141 cm³/mol. The Labute approximate surface area is 229 Å². The van der Waals surface area contributed by atoms with E-state index in [1.807, 2.05) is 30.3 Å². The van der Waals surface area contributed by atoms with E-state index in [-0.39, 0.29) is 30.8 Å². The Morgan fingerprint density at radius 1 is 1.31 bits per heavy atom. The molecule has 8 nitrogen and oxygen atoms in total. The van der Waals surface area contributed by atoms with E-state index >= 15 is 0 Å². The van der Waals surface area contributed by atoms with E-state index in [4.69, 9.17) is 31.7 Å². The summed E-state index contributed by atoms with van der Waals surface area (Å²) in [6.07, 6.45) is -8.01. The van der Waals surface area contributed by atoms with Crippen molar-refractivity contribution in [2.45, 2.75) is 31.3 Å². The van der Waals surface area contributed by atoms with Gasteiger partial charge >= 0.3 is 6.09 Å². The third-order valence-corrected chi connectivity index (χ3v) is 5.19. The number of nitrogens with zero attached hydrogens (tertiary/aromatic N) is 1. The van der Waals surface area contributed by atoms with Crippen molar-refractivity contribution in [2.24, 2.45) is 11.6 Å². The fourth-order valence-electron chi connectivity index (χ4n) is 3.38. The standard InChI is InChI=1S/C28H35N3O5/c1-35-24-16-22(17-25(19-24)36-2)9-8-20-10-12-23(13-11-20)31(28(33)34)15-14-30-27(32)26(29)18-21-6-4-3-5-7-21/h3-13,16,22,25-26H,14-15,17-19,29H2,1-2H3,(H,30,32)(H,33,34)/b9-8+/i1D3,2D3,8D,9D,17D2,22D,25D. The minimum absolute atomic E-state index is 0.0908. The number of carbonyl (C=O) groups is 2. The molecule has 3 atom stereocenters. The van der Waals surface area contributed by atoms with Crippen LogP contribution in [-0.2, 0) is 20.7 Å². The number of nitrogens with two attached hydrogens (primary N) is 1. The van der Waals surface area contributed by atoms with E-state index in [9.17, 15) is 14.7 Å². The number of ether oxygens (including phenoxy) is 2. The molecule has 2 aromatic carbocycles. The summed E-state index contributed by atoms with van der Waals surface area (Å²) in [6.45, 7) is -0.277. The number of anilines is 1. The van der Waals surface area contributed by atoms with E-state index in [0.29, 0.717) is 6.08 Å². The van der Waals surface area contributed by atoms with Crippen LogP contribution < -0.4 is 16.0 Å². The lowest BCUT2D eigenvalue weighted by atomic mass is 9.91. The van der Waals surface area contributed by atoms with Crippen molar-refractivity contribution in [3.8, 4) is 0 Å². The number of nitrogens with one attached hydrogen (secondary N) is 1. The molecule has 0 spiro atoms. The van der Waals surface area contributed by atoms with Gasteiger partial charge in [-0.3, -0.25) is 9.69 Å². The largest absolute Gasteiger partial charge is 0.501 e. The van der Waals surface area contributed by atoms with E-state index in [2.05, 4.69) is 5.32 Å². The summed E-state index contributed by atoms with van der Waals surface area (Å²) in [5.74, 6) is -4.25. The van der Waals surface area contributed by atoms with Gasteiger partial charge in [0.05, 0.1) is 37.3 Å². The Morgan fingerprint density at radius 2 is 2.08 bits per heavy atom. The number of hydrogen-bond donors (Lipinski definition) is 3. The normalized spacial score (nSPS) is 30.0. The molecule has 3 rings (SSSR count). The molecule has 0 saturated heterocycles. The van der Waals surface area contributed by atoms with Gasteiger partial charge in [-0.25, -0.2) is 4.79 Å². The van der Waals surface area contributed by atoms with Gasteiger partial charge in [-0.2, -0.15) is 0 Å². The van der Waals surface area contributed by atoms with Crippen molar-refractivity contribution >= 4 is 23.7 Å². The van der Waals surface area contributed by atoms with Gasteiger partial charge < -0.3 is 25.6 Å². The molecule has 0 radical (unpaired) electrons. The topological polar surface area (TPSA) is 114 Å². The molecule has 2 aromatic rings. The summed E-state index contributed by atoms with van der Waals surface area (Å²) in [5.41, 5.74) is 6.83. The highest BCUT2D eigenvalue weighted by molar-refractivity contribution is 5.86. The van der Waals surface area contributed by atoms with E-state index < -0.39 is 74.7 Å². The van der Waals surface area contributed by atoms with Gasteiger partial charge in [0, 0.05) is 42.2 Å². The third-order valence-electron chi connectivity index (χ3n) is 5.19. The third kappa shape index (κ3) is 7.96. The van der Waals surface area contributed by atoms with Crippen LogP contribution in [0.3, 0.4) is 0 Å². The fourth-order valence-corrected chi connectivity index (χ4v) is 3.38. The number of hydrogen-bond acceptors (Lipinski definition) is 5. The van der Waals surface area contributed by atoms with Crippen molar-refractivity contribution < 1.29 is 40.6 Å². The van der Waals surface area contributed by atoms with Crippen LogP contribution in [0.5, 0.6) is 0 Å². The summed E-state index contributed by atoms with van der Waals surface area (Å²) in [5, 5.41) is 12.4. The maximum Gasteiger partial charge on any atom is 0.411 e. The Kier molecular flexibility index (Phi) is 5.54. The van der Waals surface area contributed by atoms with Gasteiger partial charge in [-0.1, -0.05) is 54.6 Å². The monoisotopic (exact) mass is 505 g/mol. The van der Waals surface area contributed by atoms with Crippen molar-refractivity contribution in [1.29, 1.82) is 0 Å². The number of amides is 2. The Morgan fingerprint density at radius 3 is 2.78 bits per heavy atom. The summed E-state index contributed by atoms with van der Waals surface area (Å²) in [6, 6.07) is 11.3. The molecule has 1 aliphatic carbocycles. The maximum atomic E-state index is 12.4. The van der Waals surface area contributed by atoms with E-state index in [0.717, 1.165) is 10.5 Å². The SMILES string of the molecule is [2H]/C(=C(/[2H])C1([2H])C=C(OC([2H])([2H])[2H])CC([2H])(OC([2H])([2H])[2H])C1([2H])[2H])c1ccc(N(CCNC(=O)C(N)Cc2ccccc2)C(=O)O)cc1. The molecule has 0 saturated carbocycles. The van der Waals surface area contributed by atoms with Crippen LogP contribution >= 0.6 is 0 Å². The predicted octanol–water partition coefficient (Wildman–Crippen LogP) is 3.83. The maximum absolute atomic E-state index is 12.4. The fraction of sp³-hybridized carbons (Fsp3) is 0.357. The Balaban J connectivity index is 1.86. The highest BCUT2D eigenvalue weighted by Gasteiger charge is 2.21. The van der Waals surface area contributed by atoms with Crippen LogP contribution in [0, 0.1) is 5.89 Å². The molecule has 3 unspecified atom stereocenters. The molecule has 0 aromatic heterocycles. The number of allylic oxidation sites excluding steroid dienone is 2. The van der Waals surface area contributed by atoms with Gasteiger partial charge in [-0.05, 0) is 42.1 Å². The minimum atomic E-state index is -3.36. The van der Waals surface area contributed by atoms with Crippen molar-refractivity contribution in [3.05, 3.63) is 83.6 Å². The second kappa shape index (κ2) is 13.5. The van der Waals surface area contributed by atoms with Crippen molar-refractivity contribution in [3.63, 3.8) is 0 Å². The molecular weight excluding hydrogens is 458 g/mol. The van der Waals surface area contributed by atoms with Crippen LogP contribution in [0.25, 0.3) is 6.05 Å². The van der Waals surface area contributed by atoms with Crippen LogP contribution in [-0.4, -0.2) is 56.4 Å². The average Bonchev–Trinajstić information content (AvgIpc) is 2.96. The van der Waals surface area contributed by atoms with E-state index in [1.165, 1.54) is 24.3 Å². The first kappa shape index (κ1) is 14.8. The van der Waals surface area contributed by atoms with Crippen LogP contribution in [0.15, 0.2) is 72.5 Å². The highest BCUT2D eigenvalue weighted by atomic mass is 16.5. The van der Waals surface area contributed by atoms with Crippen molar-refractivity contribution in [1.82, 2.24) is 5.32 Å². The van der Waals surface area contributed by atoms with E-state index in [1.54, 1.807) is 0 Å². The molecule has 2 amide bonds. The first-order valence-electron chi connectivity index (χ1n) is 17.0. The molecule has 0 bridgehead atoms. The number of methoxy groups -OCH3 is 2. The second-order valence-corrected chi connectivity index (χ2v) is 7.77. The first-order valence-corrected chi connectivity index (χ1v) is 11.0. The number of rotatable bonds is 11. The van der Waals surface area contributed by atoms with Crippen LogP contribution in [0.1, 0.15) is 40.4 Å². The number of carboxylic acid groups (broad SMARTS) is 1. The number of carbonyl (C=O) groups excluding carboxylic acids is 1. The zero-order valence-corrected chi connectivity index (χ0v) is 19.3. The lowest BCUT2D eigenvalue weighted by Crippen LogP contribution is -2.45. The van der Waals surface area contributed by atoms with Crippen LogP contribution in [0.2, 0.25) is 0 Å². The molecule has 1 aliphatic rings. The Hall–Kier alpha value is -3.62. The molecule has 4 N–H and O–H groups in total. The average molecular weight is 506 g/mol. The molecule has 0 fully saturated rings. The van der Waals surface area contributed by atoms with Gasteiger partial charge in [0.1, 0.15) is 0 Å².